The first-order chi connectivity index (χ1) is 10.2. The third kappa shape index (κ3) is 3.27. The summed E-state index contributed by atoms with van der Waals surface area (Å²) in [7, 11) is 0. The molecule has 3 rings (SSSR count). The molecule has 0 fully saturated rings. The highest BCUT2D eigenvalue weighted by molar-refractivity contribution is 5.48. The minimum Gasteiger partial charge on any atom is -0.378 e. The third-order valence-electron chi connectivity index (χ3n) is 4.27. The highest BCUT2D eigenvalue weighted by Crippen LogP contribution is 2.28. The predicted molar refractivity (Wildman–Crippen MR) is 89.7 cm³/mol. The second kappa shape index (κ2) is 6.31. The molecule has 2 nitrogen and oxygen atoms in total. The highest BCUT2D eigenvalue weighted by Gasteiger charge is 2.17. The van der Waals surface area contributed by atoms with E-state index in [1.807, 2.05) is 0 Å². The van der Waals surface area contributed by atoms with Crippen LogP contribution >= 0.6 is 0 Å². The molecule has 0 aliphatic carbocycles. The van der Waals surface area contributed by atoms with Crippen LogP contribution in [0.4, 0.5) is 5.69 Å². The molecule has 0 aromatic heterocycles. The number of hydrogen-bond acceptors (Lipinski definition) is 2. The number of fused-ring (bicyclic) bond motifs is 1. The van der Waals surface area contributed by atoms with Crippen molar-refractivity contribution in [2.75, 3.05) is 11.9 Å². The maximum atomic E-state index is 3.70. The summed E-state index contributed by atoms with van der Waals surface area (Å²) in [6, 6.07) is 18.0. The van der Waals surface area contributed by atoms with Crippen LogP contribution in [0.2, 0.25) is 0 Å². The highest BCUT2D eigenvalue weighted by atomic mass is 14.9. The summed E-state index contributed by atoms with van der Waals surface area (Å²) in [5.74, 6) is 0.585. The van der Waals surface area contributed by atoms with E-state index >= 15 is 0 Å². The van der Waals surface area contributed by atoms with Crippen LogP contribution in [0.1, 0.15) is 48.9 Å². The van der Waals surface area contributed by atoms with Crippen molar-refractivity contribution in [2.45, 2.75) is 38.8 Å². The fourth-order valence-electron chi connectivity index (χ4n) is 2.98. The van der Waals surface area contributed by atoms with E-state index in [-0.39, 0.29) is 0 Å². The third-order valence-corrected chi connectivity index (χ3v) is 4.27. The van der Waals surface area contributed by atoms with Gasteiger partial charge in [-0.15, -0.1) is 0 Å². The summed E-state index contributed by atoms with van der Waals surface area (Å²) in [5.41, 5.74) is 5.44. The zero-order chi connectivity index (χ0) is 14.7. The maximum Gasteiger partial charge on any atom is 0.0529 e. The zero-order valence-electron chi connectivity index (χ0n) is 12.9. The van der Waals surface area contributed by atoms with Crippen LogP contribution < -0.4 is 10.6 Å². The quantitative estimate of drug-likeness (QED) is 0.867. The lowest BCUT2D eigenvalue weighted by atomic mass is 9.98. The zero-order valence-corrected chi connectivity index (χ0v) is 12.9. The van der Waals surface area contributed by atoms with E-state index in [1.165, 1.54) is 22.4 Å². The molecule has 1 unspecified atom stereocenters. The first-order valence-corrected chi connectivity index (χ1v) is 7.89. The summed E-state index contributed by atoms with van der Waals surface area (Å²) in [5, 5.41) is 7.21. The molecule has 1 heterocycles. The Bertz CT molecular complexity index is 587. The van der Waals surface area contributed by atoms with Gasteiger partial charge in [0.15, 0.2) is 0 Å². The van der Waals surface area contributed by atoms with Crippen LogP contribution in [0.5, 0.6) is 0 Å². The molecule has 110 valence electrons. The molecule has 0 spiro atoms. The van der Waals surface area contributed by atoms with E-state index in [2.05, 4.69) is 73.0 Å². The summed E-state index contributed by atoms with van der Waals surface area (Å²) in [6.45, 7) is 6.49. The molecule has 0 saturated heterocycles. The second-order valence-corrected chi connectivity index (χ2v) is 6.14. The summed E-state index contributed by atoms with van der Waals surface area (Å²) in [4.78, 5) is 0. The van der Waals surface area contributed by atoms with Crippen molar-refractivity contribution < 1.29 is 0 Å². The number of rotatable bonds is 3. The van der Waals surface area contributed by atoms with Gasteiger partial charge in [-0.05, 0) is 47.7 Å². The van der Waals surface area contributed by atoms with E-state index in [9.17, 15) is 0 Å². The molecular weight excluding hydrogens is 256 g/mol. The van der Waals surface area contributed by atoms with Crippen molar-refractivity contribution >= 4 is 5.69 Å². The monoisotopic (exact) mass is 280 g/mol. The molecule has 0 bridgehead atoms. The predicted octanol–water partition coefficient (Wildman–Crippen LogP) is 4.46. The Morgan fingerprint density at radius 2 is 1.81 bits per heavy atom. The number of anilines is 1. The summed E-state index contributed by atoms with van der Waals surface area (Å²) < 4.78 is 0. The largest absolute Gasteiger partial charge is 0.378 e. The van der Waals surface area contributed by atoms with E-state index in [4.69, 9.17) is 0 Å². The van der Waals surface area contributed by atoms with Crippen LogP contribution in [-0.4, -0.2) is 6.54 Å². The molecule has 21 heavy (non-hydrogen) atoms. The molecular formula is C19H24N2. The Labute approximate surface area is 127 Å². The molecule has 1 atom stereocenters. The SMILES string of the molecule is CC(C)c1ccc(NC2CCNCc3ccccc32)cc1. The van der Waals surface area contributed by atoms with Gasteiger partial charge in [0.25, 0.3) is 0 Å². The molecule has 2 N–H and O–H groups in total. The van der Waals surface area contributed by atoms with Gasteiger partial charge in [-0.1, -0.05) is 50.2 Å². The Balaban J connectivity index is 1.81. The van der Waals surface area contributed by atoms with Crippen LogP contribution in [-0.2, 0) is 6.54 Å². The standard InChI is InChI=1S/C19H24N2/c1-14(2)15-7-9-17(10-8-15)21-19-11-12-20-13-16-5-3-4-6-18(16)19/h3-10,14,19-21H,11-13H2,1-2H3. The van der Waals surface area contributed by atoms with E-state index in [1.54, 1.807) is 0 Å². The van der Waals surface area contributed by atoms with Crippen molar-refractivity contribution in [3.8, 4) is 0 Å². The summed E-state index contributed by atoms with van der Waals surface area (Å²) in [6.07, 6.45) is 1.11. The Hall–Kier alpha value is -1.80. The van der Waals surface area contributed by atoms with Crippen LogP contribution in [0.15, 0.2) is 48.5 Å². The van der Waals surface area contributed by atoms with Gasteiger partial charge >= 0.3 is 0 Å². The van der Waals surface area contributed by atoms with Gasteiger partial charge in [0.05, 0.1) is 6.04 Å². The molecule has 2 aromatic carbocycles. The average Bonchev–Trinajstić information content (AvgIpc) is 2.71. The lowest BCUT2D eigenvalue weighted by Gasteiger charge is -2.20. The van der Waals surface area contributed by atoms with E-state index in [0.717, 1.165) is 19.5 Å². The second-order valence-electron chi connectivity index (χ2n) is 6.14. The van der Waals surface area contributed by atoms with E-state index < -0.39 is 0 Å². The Morgan fingerprint density at radius 1 is 1.05 bits per heavy atom. The van der Waals surface area contributed by atoms with Crippen LogP contribution in [0.25, 0.3) is 0 Å². The van der Waals surface area contributed by atoms with Crippen molar-refractivity contribution in [1.82, 2.24) is 5.32 Å². The van der Waals surface area contributed by atoms with Crippen LogP contribution in [0.3, 0.4) is 0 Å². The Morgan fingerprint density at radius 3 is 2.57 bits per heavy atom. The van der Waals surface area contributed by atoms with Gasteiger partial charge in [-0.25, -0.2) is 0 Å². The van der Waals surface area contributed by atoms with Gasteiger partial charge in [0.1, 0.15) is 0 Å². The van der Waals surface area contributed by atoms with Crippen molar-refractivity contribution in [3.05, 3.63) is 65.2 Å². The lowest BCUT2D eigenvalue weighted by Crippen LogP contribution is -2.15. The normalized spacial score (nSPS) is 18.1. The fourth-order valence-corrected chi connectivity index (χ4v) is 2.98. The minimum atomic E-state index is 0.390. The Kier molecular flexibility index (Phi) is 4.26. The van der Waals surface area contributed by atoms with Gasteiger partial charge in [-0.3, -0.25) is 0 Å². The van der Waals surface area contributed by atoms with Gasteiger partial charge < -0.3 is 10.6 Å². The first-order valence-electron chi connectivity index (χ1n) is 7.89. The van der Waals surface area contributed by atoms with Crippen molar-refractivity contribution in [3.63, 3.8) is 0 Å². The molecule has 2 aromatic rings. The van der Waals surface area contributed by atoms with Crippen LogP contribution in [0, 0.1) is 0 Å². The fraction of sp³-hybridized carbons (Fsp3) is 0.368. The van der Waals surface area contributed by atoms with Gasteiger partial charge in [0, 0.05) is 12.2 Å². The van der Waals surface area contributed by atoms with E-state index in [0.29, 0.717) is 12.0 Å². The van der Waals surface area contributed by atoms with Crippen molar-refractivity contribution in [2.24, 2.45) is 0 Å². The number of nitrogens with one attached hydrogen (secondary N) is 2. The number of hydrogen-bond donors (Lipinski definition) is 2. The van der Waals surface area contributed by atoms with Gasteiger partial charge in [0.2, 0.25) is 0 Å². The van der Waals surface area contributed by atoms with Gasteiger partial charge in [-0.2, -0.15) is 0 Å². The summed E-state index contributed by atoms with van der Waals surface area (Å²) >= 11 is 0. The molecule has 2 heteroatoms. The first kappa shape index (κ1) is 14.2. The molecule has 1 aliphatic rings. The molecule has 1 aliphatic heterocycles. The molecule has 0 saturated carbocycles. The maximum absolute atomic E-state index is 3.70. The smallest absolute Gasteiger partial charge is 0.0529 e. The minimum absolute atomic E-state index is 0.390. The van der Waals surface area contributed by atoms with Crippen molar-refractivity contribution in [1.29, 1.82) is 0 Å². The molecule has 0 radical (unpaired) electrons. The molecule has 0 amide bonds. The lowest BCUT2D eigenvalue weighted by molar-refractivity contribution is 0.637. The average molecular weight is 280 g/mol. The topological polar surface area (TPSA) is 24.1 Å². The number of benzene rings is 2.